The van der Waals surface area contributed by atoms with Crippen molar-refractivity contribution >= 4 is 35.0 Å². The Kier molecular flexibility index (Phi) is 3.11. The standard InChI is InChI=1S/C12H14N2O2S/c1-7-12(16)13-10-6-9(14(3)8(2)15)4-5-11(10)17-7/h4-7H,1-3H3,(H,13,16). The maximum absolute atomic E-state index is 11.6. The average Bonchev–Trinajstić information content (AvgIpc) is 2.29. The summed E-state index contributed by atoms with van der Waals surface area (Å²) in [7, 11) is 1.71. The zero-order chi connectivity index (χ0) is 12.6. The van der Waals surface area contributed by atoms with Crippen molar-refractivity contribution in [2.75, 3.05) is 17.3 Å². The summed E-state index contributed by atoms with van der Waals surface area (Å²) in [4.78, 5) is 25.4. The highest BCUT2D eigenvalue weighted by atomic mass is 32.2. The van der Waals surface area contributed by atoms with Crippen LogP contribution >= 0.6 is 11.8 Å². The summed E-state index contributed by atoms with van der Waals surface area (Å²) in [5.74, 6) is -0.0294. The highest BCUT2D eigenvalue weighted by Gasteiger charge is 2.23. The molecule has 5 heteroatoms. The monoisotopic (exact) mass is 250 g/mol. The Hall–Kier alpha value is -1.49. The number of nitrogens with zero attached hydrogens (tertiary/aromatic N) is 1. The minimum absolute atomic E-state index is 0.00475. The average molecular weight is 250 g/mol. The van der Waals surface area contributed by atoms with E-state index in [1.807, 2.05) is 25.1 Å². The summed E-state index contributed by atoms with van der Waals surface area (Å²) >= 11 is 1.53. The molecule has 0 aromatic heterocycles. The lowest BCUT2D eigenvalue weighted by atomic mass is 10.2. The van der Waals surface area contributed by atoms with Crippen LogP contribution in [0, 0.1) is 0 Å². The highest BCUT2D eigenvalue weighted by Crippen LogP contribution is 2.37. The zero-order valence-electron chi connectivity index (χ0n) is 9.98. The molecule has 1 aliphatic rings. The molecule has 1 aromatic carbocycles. The van der Waals surface area contributed by atoms with Gasteiger partial charge >= 0.3 is 0 Å². The fourth-order valence-corrected chi connectivity index (χ4v) is 2.52. The van der Waals surface area contributed by atoms with Crippen LogP contribution in [0.25, 0.3) is 0 Å². The van der Waals surface area contributed by atoms with Crippen LogP contribution in [0.15, 0.2) is 23.1 Å². The van der Waals surface area contributed by atoms with Crippen LogP contribution in [0.4, 0.5) is 11.4 Å². The van der Waals surface area contributed by atoms with E-state index in [0.29, 0.717) is 0 Å². The molecule has 1 aromatic rings. The third-order valence-electron chi connectivity index (χ3n) is 2.75. The number of carbonyl (C=O) groups excluding carboxylic acids is 2. The first-order valence-electron chi connectivity index (χ1n) is 5.35. The Bertz CT molecular complexity index is 487. The number of thioether (sulfide) groups is 1. The lowest BCUT2D eigenvalue weighted by molar-refractivity contribution is -0.116. The summed E-state index contributed by atoms with van der Waals surface area (Å²) in [5.41, 5.74) is 1.57. The molecule has 4 nitrogen and oxygen atoms in total. The Morgan fingerprint density at radius 1 is 1.47 bits per heavy atom. The van der Waals surface area contributed by atoms with Crippen LogP contribution in [0.1, 0.15) is 13.8 Å². The third-order valence-corrected chi connectivity index (χ3v) is 3.93. The number of nitrogens with one attached hydrogen (secondary N) is 1. The topological polar surface area (TPSA) is 49.4 Å². The molecule has 90 valence electrons. The van der Waals surface area contributed by atoms with Crippen molar-refractivity contribution in [3.63, 3.8) is 0 Å². The van der Waals surface area contributed by atoms with E-state index >= 15 is 0 Å². The molecule has 0 fully saturated rings. The second-order valence-electron chi connectivity index (χ2n) is 4.01. The molecule has 2 rings (SSSR count). The van der Waals surface area contributed by atoms with E-state index in [1.54, 1.807) is 11.9 Å². The van der Waals surface area contributed by atoms with E-state index in [-0.39, 0.29) is 17.1 Å². The molecule has 1 unspecified atom stereocenters. The van der Waals surface area contributed by atoms with Gasteiger partial charge in [0, 0.05) is 24.6 Å². The quantitative estimate of drug-likeness (QED) is 0.830. The number of hydrogen-bond donors (Lipinski definition) is 1. The number of anilines is 2. The molecule has 1 aliphatic heterocycles. The van der Waals surface area contributed by atoms with Crippen LogP contribution in [0.3, 0.4) is 0 Å². The summed E-state index contributed by atoms with van der Waals surface area (Å²) < 4.78 is 0. The fraction of sp³-hybridized carbons (Fsp3) is 0.333. The Morgan fingerprint density at radius 2 is 2.18 bits per heavy atom. The van der Waals surface area contributed by atoms with Crippen molar-refractivity contribution in [3.8, 4) is 0 Å². The second-order valence-corrected chi connectivity index (χ2v) is 5.39. The molecule has 17 heavy (non-hydrogen) atoms. The highest BCUT2D eigenvalue weighted by molar-refractivity contribution is 8.00. The van der Waals surface area contributed by atoms with Gasteiger partial charge < -0.3 is 10.2 Å². The van der Waals surface area contributed by atoms with Gasteiger partial charge in [-0.2, -0.15) is 0 Å². The van der Waals surface area contributed by atoms with Gasteiger partial charge in [0.25, 0.3) is 0 Å². The van der Waals surface area contributed by atoms with Gasteiger partial charge in [-0.15, -0.1) is 11.8 Å². The molecule has 1 atom stereocenters. The molecule has 0 bridgehead atoms. The fourth-order valence-electron chi connectivity index (χ4n) is 1.59. The van der Waals surface area contributed by atoms with Gasteiger partial charge in [-0.05, 0) is 25.1 Å². The van der Waals surface area contributed by atoms with E-state index in [4.69, 9.17) is 0 Å². The number of hydrogen-bond acceptors (Lipinski definition) is 3. The summed E-state index contributed by atoms with van der Waals surface area (Å²) in [6.45, 7) is 3.38. The normalized spacial score (nSPS) is 18.3. The Morgan fingerprint density at radius 3 is 2.82 bits per heavy atom. The summed E-state index contributed by atoms with van der Waals surface area (Å²) in [5, 5.41) is 2.78. The van der Waals surface area contributed by atoms with Crippen LogP contribution in [0.2, 0.25) is 0 Å². The number of amides is 2. The van der Waals surface area contributed by atoms with E-state index in [9.17, 15) is 9.59 Å². The SMILES string of the molecule is CC(=O)N(C)c1ccc2c(c1)NC(=O)C(C)S2. The van der Waals surface area contributed by atoms with Crippen molar-refractivity contribution in [2.24, 2.45) is 0 Å². The lowest BCUT2D eigenvalue weighted by Crippen LogP contribution is -2.27. The molecule has 0 aliphatic carbocycles. The molecule has 2 amide bonds. The number of carbonyl (C=O) groups is 2. The summed E-state index contributed by atoms with van der Waals surface area (Å²) in [6.07, 6.45) is 0. The van der Waals surface area contributed by atoms with Gasteiger partial charge in [0.1, 0.15) is 0 Å². The number of benzene rings is 1. The van der Waals surface area contributed by atoms with Crippen LogP contribution < -0.4 is 10.2 Å². The van der Waals surface area contributed by atoms with Gasteiger partial charge in [0.2, 0.25) is 11.8 Å². The second kappa shape index (κ2) is 4.41. The minimum Gasteiger partial charge on any atom is -0.324 e. The smallest absolute Gasteiger partial charge is 0.237 e. The van der Waals surface area contributed by atoms with Crippen molar-refractivity contribution in [1.29, 1.82) is 0 Å². The van der Waals surface area contributed by atoms with Gasteiger partial charge in [0.05, 0.1) is 10.9 Å². The van der Waals surface area contributed by atoms with Gasteiger partial charge in [-0.1, -0.05) is 0 Å². The van der Waals surface area contributed by atoms with Crippen molar-refractivity contribution in [1.82, 2.24) is 0 Å². The molecule has 0 radical (unpaired) electrons. The van der Waals surface area contributed by atoms with Crippen LogP contribution in [-0.2, 0) is 9.59 Å². The van der Waals surface area contributed by atoms with E-state index in [0.717, 1.165) is 16.3 Å². The van der Waals surface area contributed by atoms with Crippen molar-refractivity contribution in [3.05, 3.63) is 18.2 Å². The largest absolute Gasteiger partial charge is 0.324 e. The van der Waals surface area contributed by atoms with Crippen molar-refractivity contribution in [2.45, 2.75) is 24.0 Å². The van der Waals surface area contributed by atoms with Crippen LogP contribution in [0.5, 0.6) is 0 Å². The van der Waals surface area contributed by atoms with Gasteiger partial charge in [-0.25, -0.2) is 0 Å². The maximum Gasteiger partial charge on any atom is 0.237 e. The first-order valence-corrected chi connectivity index (χ1v) is 6.23. The number of rotatable bonds is 1. The van der Waals surface area contributed by atoms with Gasteiger partial charge in [-0.3, -0.25) is 9.59 Å². The molecule has 1 N–H and O–H groups in total. The minimum atomic E-state index is -0.0705. The predicted octanol–water partition coefficient (Wildman–Crippen LogP) is 2.10. The first kappa shape index (κ1) is 12.0. The molecule has 0 saturated carbocycles. The first-order chi connectivity index (χ1) is 7.99. The molecule has 0 saturated heterocycles. The molecular formula is C12H14N2O2S. The van der Waals surface area contributed by atoms with Crippen LogP contribution in [-0.4, -0.2) is 24.1 Å². The Balaban J connectivity index is 2.35. The predicted molar refractivity (Wildman–Crippen MR) is 69.5 cm³/mol. The van der Waals surface area contributed by atoms with E-state index in [2.05, 4.69) is 5.32 Å². The van der Waals surface area contributed by atoms with E-state index < -0.39 is 0 Å². The zero-order valence-corrected chi connectivity index (χ0v) is 10.8. The van der Waals surface area contributed by atoms with Gasteiger partial charge in [0.15, 0.2) is 0 Å². The maximum atomic E-state index is 11.6. The lowest BCUT2D eigenvalue weighted by Gasteiger charge is -2.23. The summed E-state index contributed by atoms with van der Waals surface area (Å²) in [6, 6.07) is 5.65. The third kappa shape index (κ3) is 2.29. The molecular weight excluding hydrogens is 236 g/mol. The molecule has 0 spiro atoms. The Labute approximate surface area is 104 Å². The van der Waals surface area contributed by atoms with E-state index in [1.165, 1.54) is 18.7 Å². The number of fused-ring (bicyclic) bond motifs is 1. The van der Waals surface area contributed by atoms with Crippen molar-refractivity contribution < 1.29 is 9.59 Å². The molecule has 1 heterocycles.